The van der Waals surface area contributed by atoms with Gasteiger partial charge in [-0.25, -0.2) is 13.1 Å². The molecule has 0 amide bonds. The van der Waals surface area contributed by atoms with E-state index in [-0.39, 0.29) is 17.0 Å². The normalized spacial score (nSPS) is 23.9. The zero-order chi connectivity index (χ0) is 14.8. The van der Waals surface area contributed by atoms with Crippen molar-refractivity contribution in [3.05, 3.63) is 24.3 Å². The average Bonchev–Trinajstić information content (AvgIpc) is 2.48. The summed E-state index contributed by atoms with van der Waals surface area (Å²) in [4.78, 5) is 2.33. The lowest BCUT2D eigenvalue weighted by molar-refractivity contribution is 0.0281. The van der Waals surface area contributed by atoms with Gasteiger partial charge in [0.05, 0.1) is 18.4 Å². The molecular formula is C13H21N3O3S. The highest BCUT2D eigenvalue weighted by Gasteiger charge is 2.29. The van der Waals surface area contributed by atoms with Crippen LogP contribution in [0, 0.1) is 0 Å². The first-order valence-corrected chi connectivity index (χ1v) is 8.08. The van der Waals surface area contributed by atoms with Gasteiger partial charge in [0.1, 0.15) is 4.90 Å². The second-order valence-electron chi connectivity index (χ2n) is 4.87. The quantitative estimate of drug-likeness (QED) is 0.826. The summed E-state index contributed by atoms with van der Waals surface area (Å²) in [6, 6.07) is 7.09. The maximum Gasteiger partial charge on any atom is 0.242 e. The molecule has 0 aromatic heterocycles. The minimum atomic E-state index is -3.49. The fraction of sp³-hybridized carbons (Fsp3) is 0.538. The molecule has 6 nitrogen and oxygen atoms in total. The smallest absolute Gasteiger partial charge is 0.242 e. The van der Waals surface area contributed by atoms with E-state index in [1.54, 1.807) is 12.1 Å². The Kier molecular flexibility index (Phi) is 4.64. The van der Waals surface area contributed by atoms with E-state index < -0.39 is 10.0 Å². The summed E-state index contributed by atoms with van der Waals surface area (Å²) < 4.78 is 32.2. The Morgan fingerprint density at radius 1 is 1.45 bits per heavy atom. The van der Waals surface area contributed by atoms with Crippen molar-refractivity contribution in [2.24, 2.45) is 5.73 Å². The van der Waals surface area contributed by atoms with Crippen LogP contribution in [0.15, 0.2) is 29.2 Å². The van der Waals surface area contributed by atoms with Crippen LogP contribution in [-0.2, 0) is 14.8 Å². The number of nitrogens with one attached hydrogen (secondary N) is 1. The van der Waals surface area contributed by atoms with E-state index in [0.29, 0.717) is 25.4 Å². The van der Waals surface area contributed by atoms with Crippen molar-refractivity contribution >= 4 is 15.7 Å². The van der Waals surface area contributed by atoms with Crippen molar-refractivity contribution in [1.29, 1.82) is 0 Å². The summed E-state index contributed by atoms with van der Waals surface area (Å²) in [5.41, 5.74) is 6.35. The van der Waals surface area contributed by atoms with Crippen molar-refractivity contribution in [1.82, 2.24) is 4.72 Å². The molecule has 1 saturated heterocycles. The van der Waals surface area contributed by atoms with Gasteiger partial charge in [-0.2, -0.15) is 0 Å². The second kappa shape index (κ2) is 6.09. The molecule has 3 N–H and O–H groups in total. The molecule has 1 fully saturated rings. The van der Waals surface area contributed by atoms with Gasteiger partial charge in [-0.15, -0.1) is 0 Å². The fourth-order valence-corrected chi connectivity index (χ4v) is 3.27. The number of rotatable bonds is 4. The van der Waals surface area contributed by atoms with E-state index in [2.05, 4.69) is 4.72 Å². The standard InChI is InChI=1S/C13H21N3O3S/c1-10-9-19-11(7-14)8-16(10)12-5-3-4-6-13(12)20(17,18)15-2/h3-6,10-11,15H,7-9,14H2,1-2H3. The zero-order valence-corrected chi connectivity index (χ0v) is 12.6. The van der Waals surface area contributed by atoms with E-state index in [1.165, 1.54) is 7.05 Å². The fourth-order valence-electron chi connectivity index (χ4n) is 2.33. The van der Waals surface area contributed by atoms with Gasteiger partial charge >= 0.3 is 0 Å². The van der Waals surface area contributed by atoms with Crippen LogP contribution in [0.5, 0.6) is 0 Å². The van der Waals surface area contributed by atoms with Crippen LogP contribution in [0.2, 0.25) is 0 Å². The highest BCUT2D eigenvalue weighted by atomic mass is 32.2. The third-order valence-electron chi connectivity index (χ3n) is 3.50. The lowest BCUT2D eigenvalue weighted by Crippen LogP contribution is -2.51. The van der Waals surface area contributed by atoms with Crippen molar-refractivity contribution < 1.29 is 13.2 Å². The molecule has 1 aliphatic rings. The van der Waals surface area contributed by atoms with Gasteiger partial charge in [0.25, 0.3) is 0 Å². The molecule has 0 saturated carbocycles. The molecule has 0 aliphatic carbocycles. The molecule has 0 spiro atoms. The number of morpholine rings is 1. The Balaban J connectivity index is 2.41. The van der Waals surface area contributed by atoms with Gasteiger partial charge in [-0.05, 0) is 26.1 Å². The minimum absolute atomic E-state index is 0.0726. The Bertz CT molecular complexity index is 562. The number of para-hydroxylation sites is 1. The summed E-state index contributed by atoms with van der Waals surface area (Å²) in [6.07, 6.45) is -0.0726. The van der Waals surface area contributed by atoms with Crippen LogP contribution in [0.25, 0.3) is 0 Å². The summed E-state index contributed by atoms with van der Waals surface area (Å²) in [5.74, 6) is 0. The summed E-state index contributed by atoms with van der Waals surface area (Å²) in [6.45, 7) is 3.56. The first-order chi connectivity index (χ1) is 9.49. The van der Waals surface area contributed by atoms with Crippen molar-refractivity contribution in [3.63, 3.8) is 0 Å². The zero-order valence-electron chi connectivity index (χ0n) is 11.7. The Morgan fingerprint density at radius 2 is 2.15 bits per heavy atom. The van der Waals surface area contributed by atoms with Gasteiger partial charge in [0, 0.05) is 19.1 Å². The number of anilines is 1. The van der Waals surface area contributed by atoms with Gasteiger partial charge in [0.15, 0.2) is 0 Å². The van der Waals surface area contributed by atoms with Gasteiger partial charge in [-0.1, -0.05) is 12.1 Å². The van der Waals surface area contributed by atoms with Crippen LogP contribution in [0.4, 0.5) is 5.69 Å². The predicted octanol–water partition coefficient (Wildman–Crippen LogP) is 0.147. The first kappa shape index (κ1) is 15.2. The molecule has 1 aromatic rings. The maximum atomic E-state index is 12.1. The van der Waals surface area contributed by atoms with Crippen LogP contribution in [0.3, 0.4) is 0 Å². The third-order valence-corrected chi connectivity index (χ3v) is 4.96. The molecule has 1 heterocycles. The van der Waals surface area contributed by atoms with Crippen LogP contribution in [0.1, 0.15) is 6.92 Å². The largest absolute Gasteiger partial charge is 0.373 e. The number of nitrogens with two attached hydrogens (primary N) is 1. The lowest BCUT2D eigenvalue weighted by atomic mass is 10.1. The highest BCUT2D eigenvalue weighted by Crippen LogP contribution is 2.28. The highest BCUT2D eigenvalue weighted by molar-refractivity contribution is 7.89. The summed E-state index contributed by atoms with van der Waals surface area (Å²) >= 11 is 0. The van der Waals surface area contributed by atoms with Crippen molar-refractivity contribution in [2.45, 2.75) is 24.0 Å². The van der Waals surface area contributed by atoms with Gasteiger partial charge in [-0.3, -0.25) is 0 Å². The Morgan fingerprint density at radius 3 is 2.80 bits per heavy atom. The maximum absolute atomic E-state index is 12.1. The molecule has 2 atom stereocenters. The van der Waals surface area contributed by atoms with Gasteiger partial charge < -0.3 is 15.4 Å². The second-order valence-corrected chi connectivity index (χ2v) is 6.72. The van der Waals surface area contributed by atoms with Crippen LogP contribution < -0.4 is 15.4 Å². The molecular weight excluding hydrogens is 278 g/mol. The number of nitrogens with zero attached hydrogens (tertiary/aromatic N) is 1. The minimum Gasteiger partial charge on any atom is -0.373 e. The molecule has 112 valence electrons. The van der Waals surface area contributed by atoms with E-state index in [0.717, 1.165) is 0 Å². The molecule has 0 radical (unpaired) electrons. The molecule has 1 aliphatic heterocycles. The average molecular weight is 299 g/mol. The molecule has 2 unspecified atom stereocenters. The summed E-state index contributed by atoms with van der Waals surface area (Å²) in [5, 5.41) is 0. The topological polar surface area (TPSA) is 84.7 Å². The number of benzene rings is 1. The first-order valence-electron chi connectivity index (χ1n) is 6.60. The van der Waals surface area contributed by atoms with Crippen LogP contribution in [-0.4, -0.2) is 47.3 Å². The summed E-state index contributed by atoms with van der Waals surface area (Å²) in [7, 11) is -2.08. The van der Waals surface area contributed by atoms with Crippen molar-refractivity contribution in [3.8, 4) is 0 Å². The third kappa shape index (κ3) is 2.95. The van der Waals surface area contributed by atoms with E-state index in [9.17, 15) is 8.42 Å². The number of hydrogen-bond donors (Lipinski definition) is 2. The SMILES string of the molecule is CNS(=O)(=O)c1ccccc1N1CC(CN)OCC1C. The lowest BCUT2D eigenvalue weighted by Gasteiger charge is -2.40. The monoisotopic (exact) mass is 299 g/mol. The van der Waals surface area contributed by atoms with E-state index in [1.807, 2.05) is 24.0 Å². The Hall–Kier alpha value is -1.15. The van der Waals surface area contributed by atoms with E-state index in [4.69, 9.17) is 10.5 Å². The molecule has 0 bridgehead atoms. The predicted molar refractivity (Wildman–Crippen MR) is 78.3 cm³/mol. The number of sulfonamides is 1. The van der Waals surface area contributed by atoms with Crippen LogP contribution >= 0.6 is 0 Å². The molecule has 20 heavy (non-hydrogen) atoms. The molecule has 1 aromatic carbocycles. The number of hydrogen-bond acceptors (Lipinski definition) is 5. The van der Waals surface area contributed by atoms with Crippen molar-refractivity contribution in [2.75, 3.05) is 31.6 Å². The number of ether oxygens (including phenoxy) is 1. The molecule has 7 heteroatoms. The molecule has 2 rings (SSSR count). The Labute approximate surface area is 120 Å². The van der Waals surface area contributed by atoms with E-state index >= 15 is 0 Å². The van der Waals surface area contributed by atoms with Gasteiger partial charge in [0.2, 0.25) is 10.0 Å².